The summed E-state index contributed by atoms with van der Waals surface area (Å²) >= 11 is 7.82. The lowest BCUT2D eigenvalue weighted by molar-refractivity contribution is 0.773. The highest BCUT2D eigenvalue weighted by molar-refractivity contribution is 7.99. The zero-order valence-corrected chi connectivity index (χ0v) is 17.6. The van der Waals surface area contributed by atoms with E-state index in [4.69, 9.17) is 11.6 Å². The molecule has 0 atom stereocenters. The maximum atomic E-state index is 12.4. The van der Waals surface area contributed by atoms with Crippen molar-refractivity contribution in [3.8, 4) is 0 Å². The van der Waals surface area contributed by atoms with Crippen LogP contribution >= 0.6 is 23.4 Å². The van der Waals surface area contributed by atoms with Crippen LogP contribution in [0.1, 0.15) is 33.6 Å². The van der Waals surface area contributed by atoms with E-state index >= 15 is 0 Å². The van der Waals surface area contributed by atoms with Gasteiger partial charge in [0.25, 0.3) is 0 Å². The number of pyridine rings is 1. The molecule has 0 saturated carbocycles. The fourth-order valence-electron chi connectivity index (χ4n) is 2.28. The molecule has 2 aromatic rings. The van der Waals surface area contributed by atoms with Crippen molar-refractivity contribution in [3.05, 3.63) is 68.9 Å². The van der Waals surface area contributed by atoms with Crippen molar-refractivity contribution >= 4 is 34.4 Å². The first-order chi connectivity index (χ1) is 13.0. The number of allylic oxidation sites excluding steroid dienone is 4. The highest BCUT2D eigenvalue weighted by Gasteiger charge is 2.13. The average molecular weight is 408 g/mol. The first kappa shape index (κ1) is 23.0. The summed E-state index contributed by atoms with van der Waals surface area (Å²) in [5, 5.41) is 0.897. The lowest BCUT2D eigenvalue weighted by Gasteiger charge is -2.12. The Hall–Kier alpha value is -2.05. The zero-order valence-electron chi connectivity index (χ0n) is 16.0. The molecule has 0 aliphatic heterocycles. The standard InChI is InChI=1S/C18H20ClN3O2S.C2H6/c1-4-7-9-25-14-10-13-15(16(19)20-14)21-17(23)18(24)22(13)11-12(6-3)8-5-2;1-2/h5-6,8,10H,2-4,7,9,11H2,1H3,(H,21,23);1-2H3/b12-8+;. The summed E-state index contributed by atoms with van der Waals surface area (Å²) in [7, 11) is 0. The number of aromatic amines is 1. The summed E-state index contributed by atoms with van der Waals surface area (Å²) in [5.41, 5.74) is 0.284. The third-order valence-electron chi connectivity index (χ3n) is 3.58. The number of rotatable bonds is 8. The minimum atomic E-state index is -0.732. The molecular formula is C20H26ClN3O2S. The van der Waals surface area contributed by atoms with Gasteiger partial charge in [0.05, 0.1) is 12.1 Å². The smallest absolute Gasteiger partial charge is 0.313 e. The van der Waals surface area contributed by atoms with E-state index in [1.54, 1.807) is 36.1 Å². The van der Waals surface area contributed by atoms with Crippen LogP contribution in [-0.4, -0.2) is 20.3 Å². The van der Waals surface area contributed by atoms with Gasteiger partial charge in [-0.2, -0.15) is 0 Å². The number of halogens is 1. The van der Waals surface area contributed by atoms with Crippen molar-refractivity contribution in [2.75, 3.05) is 5.75 Å². The third kappa shape index (κ3) is 5.97. The summed E-state index contributed by atoms with van der Waals surface area (Å²) in [5.74, 6) is 0.910. The minimum absolute atomic E-state index is 0.176. The second kappa shape index (κ2) is 11.6. The van der Waals surface area contributed by atoms with Gasteiger partial charge in [-0.3, -0.25) is 14.2 Å². The van der Waals surface area contributed by atoms with Gasteiger partial charge >= 0.3 is 11.1 Å². The van der Waals surface area contributed by atoms with Gasteiger partial charge in [0.15, 0.2) is 5.15 Å². The Bertz CT molecular complexity index is 945. The Morgan fingerprint density at radius 1 is 1.37 bits per heavy atom. The summed E-state index contributed by atoms with van der Waals surface area (Å²) in [6.07, 6.45) is 7.12. The normalized spacial score (nSPS) is 11.0. The number of hydrogen-bond donors (Lipinski definition) is 1. The molecule has 5 nitrogen and oxygen atoms in total. The van der Waals surface area contributed by atoms with Crippen molar-refractivity contribution in [2.24, 2.45) is 0 Å². The van der Waals surface area contributed by atoms with E-state index < -0.39 is 11.1 Å². The lowest BCUT2D eigenvalue weighted by Crippen LogP contribution is -2.36. The number of aromatic nitrogens is 3. The Morgan fingerprint density at radius 2 is 2.07 bits per heavy atom. The predicted octanol–water partition coefficient (Wildman–Crippen LogP) is 4.96. The van der Waals surface area contributed by atoms with Crippen molar-refractivity contribution in [1.82, 2.24) is 14.5 Å². The van der Waals surface area contributed by atoms with E-state index in [-0.39, 0.29) is 11.7 Å². The fraction of sp³-hybridized carbons (Fsp3) is 0.350. The molecule has 0 aliphatic carbocycles. The molecule has 0 aromatic carbocycles. The van der Waals surface area contributed by atoms with Gasteiger partial charge in [0, 0.05) is 0 Å². The second-order valence-corrected chi connectivity index (χ2v) is 6.85. The first-order valence-corrected chi connectivity index (χ1v) is 10.3. The molecule has 0 unspecified atom stereocenters. The fourth-order valence-corrected chi connectivity index (χ4v) is 3.56. The molecule has 2 aromatic heterocycles. The van der Waals surface area contributed by atoms with Crippen LogP contribution in [0.3, 0.4) is 0 Å². The zero-order chi connectivity index (χ0) is 20.4. The maximum absolute atomic E-state index is 12.4. The van der Waals surface area contributed by atoms with E-state index in [1.807, 2.05) is 13.8 Å². The number of hydrogen-bond acceptors (Lipinski definition) is 4. The van der Waals surface area contributed by atoms with Gasteiger partial charge in [-0.05, 0) is 23.8 Å². The van der Waals surface area contributed by atoms with E-state index in [0.717, 1.165) is 29.2 Å². The Kier molecular flexibility index (Phi) is 9.89. The maximum Gasteiger partial charge on any atom is 0.317 e. The highest BCUT2D eigenvalue weighted by Crippen LogP contribution is 2.25. The quantitative estimate of drug-likeness (QED) is 0.221. The minimum Gasteiger partial charge on any atom is -0.313 e. The largest absolute Gasteiger partial charge is 0.317 e. The van der Waals surface area contributed by atoms with Crippen LogP contribution in [0.4, 0.5) is 0 Å². The van der Waals surface area contributed by atoms with Crippen LogP contribution in [-0.2, 0) is 6.54 Å². The molecular weight excluding hydrogens is 382 g/mol. The van der Waals surface area contributed by atoms with Crippen LogP contribution in [0.2, 0.25) is 5.15 Å². The molecule has 0 saturated heterocycles. The average Bonchev–Trinajstić information content (AvgIpc) is 2.67. The van der Waals surface area contributed by atoms with Crippen LogP contribution in [0.15, 0.2) is 57.6 Å². The molecule has 1 N–H and O–H groups in total. The summed E-state index contributed by atoms with van der Waals surface area (Å²) in [6, 6.07) is 1.79. The monoisotopic (exact) mass is 407 g/mol. The molecule has 0 amide bonds. The molecule has 7 heteroatoms. The molecule has 27 heavy (non-hydrogen) atoms. The Morgan fingerprint density at radius 3 is 2.67 bits per heavy atom. The summed E-state index contributed by atoms with van der Waals surface area (Å²) < 4.78 is 1.39. The van der Waals surface area contributed by atoms with E-state index in [2.05, 4.69) is 30.0 Å². The highest BCUT2D eigenvalue weighted by atomic mass is 35.5. The molecule has 146 valence electrons. The summed E-state index contributed by atoms with van der Waals surface area (Å²) in [4.78, 5) is 31.2. The molecule has 0 aliphatic rings. The summed E-state index contributed by atoms with van der Waals surface area (Å²) in [6.45, 7) is 13.7. The lowest BCUT2D eigenvalue weighted by atomic mass is 10.2. The molecule has 0 bridgehead atoms. The van der Waals surface area contributed by atoms with Gasteiger partial charge in [0.2, 0.25) is 0 Å². The molecule has 0 radical (unpaired) electrons. The van der Waals surface area contributed by atoms with Crippen molar-refractivity contribution in [2.45, 2.75) is 45.2 Å². The van der Waals surface area contributed by atoms with Gasteiger partial charge in [-0.25, -0.2) is 4.98 Å². The van der Waals surface area contributed by atoms with Crippen LogP contribution in [0.5, 0.6) is 0 Å². The van der Waals surface area contributed by atoms with Crippen LogP contribution in [0.25, 0.3) is 11.0 Å². The van der Waals surface area contributed by atoms with Crippen LogP contribution in [0, 0.1) is 0 Å². The van der Waals surface area contributed by atoms with Crippen LogP contribution < -0.4 is 11.1 Å². The van der Waals surface area contributed by atoms with Gasteiger partial charge < -0.3 is 4.98 Å². The van der Waals surface area contributed by atoms with Gasteiger partial charge in [-0.15, -0.1) is 11.8 Å². The van der Waals surface area contributed by atoms with Crippen molar-refractivity contribution in [3.63, 3.8) is 0 Å². The first-order valence-electron chi connectivity index (χ1n) is 8.92. The Labute approximate surface area is 168 Å². The van der Waals surface area contributed by atoms with Crippen molar-refractivity contribution in [1.29, 1.82) is 0 Å². The van der Waals surface area contributed by atoms with E-state index in [1.165, 1.54) is 4.57 Å². The van der Waals surface area contributed by atoms with Gasteiger partial charge in [-0.1, -0.05) is 70.2 Å². The van der Waals surface area contributed by atoms with Gasteiger partial charge in [0.1, 0.15) is 10.5 Å². The van der Waals surface area contributed by atoms with E-state index in [0.29, 0.717) is 11.0 Å². The molecule has 0 spiro atoms. The Balaban J connectivity index is 0.00000176. The van der Waals surface area contributed by atoms with Crippen molar-refractivity contribution < 1.29 is 0 Å². The van der Waals surface area contributed by atoms with E-state index in [9.17, 15) is 9.59 Å². The number of fused-ring (bicyclic) bond motifs is 1. The number of unbranched alkanes of at least 4 members (excludes halogenated alkanes) is 1. The number of nitrogens with one attached hydrogen (secondary N) is 1. The number of nitrogens with zero attached hydrogens (tertiary/aromatic N) is 2. The molecule has 2 rings (SSSR count). The molecule has 2 heterocycles. The predicted molar refractivity (Wildman–Crippen MR) is 117 cm³/mol. The SMILES string of the molecule is C=C/C=C(\C=C)Cn1c(=O)c(=O)[nH]c2c(Cl)nc(SCCCC)cc21.CC. The topological polar surface area (TPSA) is 67.8 Å². The number of H-pyrrole nitrogens is 1. The second-order valence-electron chi connectivity index (χ2n) is 5.37. The third-order valence-corrected chi connectivity index (χ3v) is 4.85. The number of thioether (sulfide) groups is 1. The molecule has 0 fully saturated rings.